The lowest BCUT2D eigenvalue weighted by molar-refractivity contribution is 0.235. The highest BCUT2D eigenvalue weighted by molar-refractivity contribution is 5.74. The minimum absolute atomic E-state index is 0.141. The Morgan fingerprint density at radius 3 is 3.15 bits per heavy atom. The second kappa shape index (κ2) is 8.34. The first-order valence-electron chi connectivity index (χ1n) is 8.50. The summed E-state index contributed by atoms with van der Waals surface area (Å²) in [5.41, 5.74) is 2.41. The maximum atomic E-state index is 13.9. The highest BCUT2D eigenvalue weighted by atomic mass is 19.1. The van der Waals surface area contributed by atoms with Crippen LogP contribution in [0.2, 0.25) is 0 Å². The molecule has 3 rings (SSSR count). The number of carbonyl (C=O) groups excluding carboxylic acids is 1. The van der Waals surface area contributed by atoms with E-state index in [-0.39, 0.29) is 24.5 Å². The fourth-order valence-electron chi connectivity index (χ4n) is 3.10. The van der Waals surface area contributed by atoms with Gasteiger partial charge in [0.15, 0.2) is 6.61 Å². The normalized spacial score (nSPS) is 15.5. The molecule has 134 valence electrons. The van der Waals surface area contributed by atoms with Crippen molar-refractivity contribution in [3.63, 3.8) is 0 Å². The van der Waals surface area contributed by atoms with Gasteiger partial charge in [-0.2, -0.15) is 0 Å². The van der Waals surface area contributed by atoms with Crippen molar-refractivity contribution in [1.29, 1.82) is 0 Å². The van der Waals surface area contributed by atoms with Gasteiger partial charge in [-0.3, -0.25) is 0 Å². The molecule has 26 heavy (non-hydrogen) atoms. The van der Waals surface area contributed by atoms with E-state index in [1.807, 2.05) is 6.07 Å². The SMILES string of the molecule is C#CCOc1cc(CNC(=O)NC2CCCc3c(F)cccc32)ccn1. The van der Waals surface area contributed by atoms with Gasteiger partial charge in [0, 0.05) is 18.8 Å². The van der Waals surface area contributed by atoms with E-state index in [2.05, 4.69) is 21.5 Å². The van der Waals surface area contributed by atoms with Gasteiger partial charge in [-0.05, 0) is 48.1 Å². The number of terminal acetylenes is 1. The third kappa shape index (κ3) is 4.31. The molecule has 0 fully saturated rings. The number of aromatic nitrogens is 1. The van der Waals surface area contributed by atoms with E-state index in [4.69, 9.17) is 11.2 Å². The predicted molar refractivity (Wildman–Crippen MR) is 96.0 cm³/mol. The summed E-state index contributed by atoms with van der Waals surface area (Å²) in [6.07, 6.45) is 9.10. The van der Waals surface area contributed by atoms with Crippen molar-refractivity contribution in [1.82, 2.24) is 15.6 Å². The lowest BCUT2D eigenvalue weighted by Crippen LogP contribution is -2.38. The van der Waals surface area contributed by atoms with Gasteiger partial charge in [0.25, 0.3) is 0 Å². The Hall–Kier alpha value is -3.07. The molecular formula is C20H20FN3O2. The summed E-state index contributed by atoms with van der Waals surface area (Å²) in [7, 11) is 0. The molecule has 6 heteroatoms. The molecule has 1 aromatic heterocycles. The average molecular weight is 353 g/mol. The topological polar surface area (TPSA) is 63.2 Å². The molecule has 5 nitrogen and oxygen atoms in total. The van der Waals surface area contributed by atoms with Crippen LogP contribution in [0, 0.1) is 18.2 Å². The molecule has 2 N–H and O–H groups in total. The zero-order valence-electron chi connectivity index (χ0n) is 14.3. The van der Waals surface area contributed by atoms with Crippen LogP contribution in [0.1, 0.15) is 35.6 Å². The number of pyridine rings is 1. The van der Waals surface area contributed by atoms with Gasteiger partial charge in [-0.1, -0.05) is 18.1 Å². The lowest BCUT2D eigenvalue weighted by Gasteiger charge is -2.26. The van der Waals surface area contributed by atoms with Crippen LogP contribution >= 0.6 is 0 Å². The molecule has 1 aliphatic carbocycles. The molecule has 0 spiro atoms. The fraction of sp³-hybridized carbons (Fsp3) is 0.300. The molecular weight excluding hydrogens is 333 g/mol. The van der Waals surface area contributed by atoms with Crippen molar-refractivity contribution in [3.05, 3.63) is 59.0 Å². The summed E-state index contributed by atoms with van der Waals surface area (Å²) in [6, 6.07) is 8.06. The van der Waals surface area contributed by atoms with Crippen molar-refractivity contribution < 1.29 is 13.9 Å². The molecule has 1 aromatic carbocycles. The van der Waals surface area contributed by atoms with Gasteiger partial charge in [0.2, 0.25) is 5.88 Å². The lowest BCUT2D eigenvalue weighted by atomic mass is 9.87. The highest BCUT2D eigenvalue weighted by Gasteiger charge is 2.23. The molecule has 1 aliphatic rings. The Balaban J connectivity index is 1.57. The van der Waals surface area contributed by atoms with Crippen LogP contribution < -0.4 is 15.4 Å². The molecule has 0 saturated carbocycles. The van der Waals surface area contributed by atoms with Crippen molar-refractivity contribution in [2.75, 3.05) is 6.61 Å². The molecule has 0 radical (unpaired) electrons. The van der Waals surface area contributed by atoms with Gasteiger partial charge in [-0.15, -0.1) is 6.42 Å². The van der Waals surface area contributed by atoms with Crippen LogP contribution in [0.4, 0.5) is 9.18 Å². The summed E-state index contributed by atoms with van der Waals surface area (Å²) in [6.45, 7) is 0.464. The Labute approximate surface area is 152 Å². The van der Waals surface area contributed by atoms with Crippen molar-refractivity contribution in [2.24, 2.45) is 0 Å². The van der Waals surface area contributed by atoms with E-state index >= 15 is 0 Å². The number of urea groups is 1. The zero-order valence-corrected chi connectivity index (χ0v) is 14.3. The first-order valence-corrected chi connectivity index (χ1v) is 8.50. The molecule has 1 heterocycles. The van der Waals surface area contributed by atoms with E-state index < -0.39 is 0 Å². The number of hydrogen-bond acceptors (Lipinski definition) is 3. The van der Waals surface area contributed by atoms with E-state index in [1.165, 1.54) is 6.07 Å². The number of halogens is 1. The first kappa shape index (κ1) is 17.7. The maximum Gasteiger partial charge on any atom is 0.315 e. The number of amides is 2. The van der Waals surface area contributed by atoms with Crippen LogP contribution in [0.3, 0.4) is 0 Å². The molecule has 0 bridgehead atoms. The molecule has 2 amide bonds. The average Bonchev–Trinajstić information content (AvgIpc) is 2.66. The van der Waals surface area contributed by atoms with E-state index in [9.17, 15) is 9.18 Å². The standard InChI is InChI=1S/C20H20FN3O2/c1-2-11-26-19-12-14(9-10-22-19)13-23-20(25)24-18-8-4-5-15-16(18)6-3-7-17(15)21/h1,3,6-7,9-10,12,18H,4-5,8,11,13H2,(H2,23,24,25). The zero-order chi connectivity index (χ0) is 18.4. The first-order chi connectivity index (χ1) is 12.7. The number of carbonyl (C=O) groups is 1. The summed E-state index contributed by atoms with van der Waals surface area (Å²) in [5.74, 6) is 2.59. The summed E-state index contributed by atoms with van der Waals surface area (Å²) in [4.78, 5) is 16.3. The molecule has 1 unspecified atom stereocenters. The molecule has 0 saturated heterocycles. The number of nitrogens with zero attached hydrogens (tertiary/aromatic N) is 1. The van der Waals surface area contributed by atoms with Crippen molar-refractivity contribution >= 4 is 6.03 Å². The Morgan fingerprint density at radius 1 is 1.42 bits per heavy atom. The minimum atomic E-state index is -0.296. The van der Waals surface area contributed by atoms with Crippen LogP contribution in [0.25, 0.3) is 0 Å². The highest BCUT2D eigenvalue weighted by Crippen LogP contribution is 2.31. The predicted octanol–water partition coefficient (Wildman–Crippen LogP) is 3.11. The third-order valence-corrected chi connectivity index (χ3v) is 4.31. The van der Waals surface area contributed by atoms with Gasteiger partial charge < -0.3 is 15.4 Å². The monoisotopic (exact) mass is 353 g/mol. The minimum Gasteiger partial charge on any atom is -0.464 e. The van der Waals surface area contributed by atoms with Crippen LogP contribution in [0.5, 0.6) is 5.88 Å². The van der Waals surface area contributed by atoms with Crippen LogP contribution in [0.15, 0.2) is 36.5 Å². The summed E-state index contributed by atoms with van der Waals surface area (Å²) in [5, 5.41) is 5.74. The van der Waals surface area contributed by atoms with Gasteiger partial charge in [0.05, 0.1) is 6.04 Å². The van der Waals surface area contributed by atoms with Gasteiger partial charge in [0.1, 0.15) is 5.82 Å². The molecule has 0 aliphatic heterocycles. The number of benzene rings is 1. The van der Waals surface area contributed by atoms with Gasteiger partial charge in [-0.25, -0.2) is 14.2 Å². The second-order valence-corrected chi connectivity index (χ2v) is 6.07. The number of rotatable bonds is 5. The Morgan fingerprint density at radius 2 is 2.31 bits per heavy atom. The molecule has 2 aromatic rings. The van der Waals surface area contributed by atoms with E-state index in [0.29, 0.717) is 24.4 Å². The Kier molecular flexibility index (Phi) is 5.69. The summed E-state index contributed by atoms with van der Waals surface area (Å²) >= 11 is 0. The maximum absolute atomic E-state index is 13.9. The van der Waals surface area contributed by atoms with Gasteiger partial charge >= 0.3 is 6.03 Å². The van der Waals surface area contributed by atoms with E-state index in [1.54, 1.807) is 24.4 Å². The molecule has 1 atom stereocenters. The number of nitrogens with one attached hydrogen (secondary N) is 2. The second-order valence-electron chi connectivity index (χ2n) is 6.07. The fourth-order valence-corrected chi connectivity index (χ4v) is 3.10. The smallest absolute Gasteiger partial charge is 0.315 e. The van der Waals surface area contributed by atoms with Crippen LogP contribution in [-0.4, -0.2) is 17.6 Å². The van der Waals surface area contributed by atoms with Crippen LogP contribution in [-0.2, 0) is 13.0 Å². The number of fused-ring (bicyclic) bond motifs is 1. The van der Waals surface area contributed by atoms with Crippen molar-refractivity contribution in [3.8, 4) is 18.2 Å². The largest absolute Gasteiger partial charge is 0.464 e. The number of hydrogen-bond donors (Lipinski definition) is 2. The van der Waals surface area contributed by atoms with E-state index in [0.717, 1.165) is 24.0 Å². The quantitative estimate of drug-likeness (QED) is 0.812. The summed E-state index contributed by atoms with van der Waals surface area (Å²) < 4.78 is 19.2. The Bertz CT molecular complexity index is 832. The third-order valence-electron chi connectivity index (χ3n) is 4.31. The van der Waals surface area contributed by atoms with Crippen molar-refractivity contribution in [2.45, 2.75) is 31.8 Å². The number of ether oxygens (including phenoxy) is 1.